The molecule has 9 heteroatoms. The van der Waals surface area contributed by atoms with E-state index < -0.39 is 0 Å². The standard InChI is InChI=1S/C14H11Cl2N5OS/c1-7(13(22)19-9-3-2-4-17-11(9)16)23-14-20-10-5-8(15)6-18-12(10)21-14/h2-7H,1H3,(H,19,22)(H,18,20,21)/t7-/m1/s1. The molecule has 0 saturated heterocycles. The summed E-state index contributed by atoms with van der Waals surface area (Å²) in [6.07, 6.45) is 3.09. The van der Waals surface area contributed by atoms with Gasteiger partial charge in [-0.2, -0.15) is 0 Å². The summed E-state index contributed by atoms with van der Waals surface area (Å²) in [5, 5.41) is 3.72. The topological polar surface area (TPSA) is 83.6 Å². The monoisotopic (exact) mass is 367 g/mol. The van der Waals surface area contributed by atoms with Crippen molar-refractivity contribution in [3.63, 3.8) is 0 Å². The van der Waals surface area contributed by atoms with Crippen LogP contribution in [0.25, 0.3) is 11.2 Å². The Morgan fingerprint density at radius 1 is 1.39 bits per heavy atom. The van der Waals surface area contributed by atoms with Crippen molar-refractivity contribution in [3.8, 4) is 0 Å². The van der Waals surface area contributed by atoms with Gasteiger partial charge in [-0.15, -0.1) is 0 Å². The minimum absolute atomic E-state index is 0.198. The molecule has 0 aliphatic heterocycles. The Balaban J connectivity index is 1.71. The molecule has 3 aromatic rings. The first-order valence-corrected chi connectivity index (χ1v) is 8.26. The Kier molecular flexibility index (Phi) is 4.70. The van der Waals surface area contributed by atoms with Gasteiger partial charge >= 0.3 is 0 Å². The van der Waals surface area contributed by atoms with Crippen LogP contribution in [0.4, 0.5) is 5.69 Å². The van der Waals surface area contributed by atoms with Crippen molar-refractivity contribution in [3.05, 3.63) is 40.8 Å². The number of thioether (sulfide) groups is 1. The summed E-state index contributed by atoms with van der Waals surface area (Å²) < 4.78 is 0. The number of anilines is 1. The lowest BCUT2D eigenvalue weighted by Crippen LogP contribution is -2.22. The van der Waals surface area contributed by atoms with Gasteiger partial charge in [-0.1, -0.05) is 35.0 Å². The number of H-pyrrole nitrogens is 1. The van der Waals surface area contributed by atoms with Crippen LogP contribution in [-0.2, 0) is 4.79 Å². The van der Waals surface area contributed by atoms with Crippen molar-refractivity contribution in [1.29, 1.82) is 0 Å². The van der Waals surface area contributed by atoms with Gasteiger partial charge in [0.15, 0.2) is 16.0 Å². The highest BCUT2D eigenvalue weighted by atomic mass is 35.5. The summed E-state index contributed by atoms with van der Waals surface area (Å²) in [5.41, 5.74) is 1.76. The molecule has 1 amide bonds. The van der Waals surface area contributed by atoms with Crippen LogP contribution in [0.5, 0.6) is 0 Å². The highest BCUT2D eigenvalue weighted by molar-refractivity contribution is 8.00. The van der Waals surface area contributed by atoms with Crippen molar-refractivity contribution in [2.45, 2.75) is 17.3 Å². The van der Waals surface area contributed by atoms with E-state index in [1.807, 2.05) is 0 Å². The van der Waals surface area contributed by atoms with Gasteiger partial charge in [-0.25, -0.2) is 15.0 Å². The van der Waals surface area contributed by atoms with Gasteiger partial charge in [0.05, 0.1) is 21.5 Å². The molecule has 118 valence electrons. The second kappa shape index (κ2) is 6.74. The van der Waals surface area contributed by atoms with Crippen molar-refractivity contribution < 1.29 is 4.79 Å². The van der Waals surface area contributed by atoms with Crippen molar-refractivity contribution >= 4 is 57.7 Å². The van der Waals surface area contributed by atoms with Gasteiger partial charge in [0.25, 0.3) is 0 Å². The quantitative estimate of drug-likeness (QED) is 0.541. The van der Waals surface area contributed by atoms with E-state index in [-0.39, 0.29) is 16.3 Å². The number of carbonyl (C=O) groups is 1. The molecule has 0 aliphatic carbocycles. The first-order chi connectivity index (χ1) is 11.0. The number of fused-ring (bicyclic) bond motifs is 1. The van der Waals surface area contributed by atoms with Crippen molar-refractivity contribution in [1.82, 2.24) is 19.9 Å². The van der Waals surface area contributed by atoms with E-state index in [9.17, 15) is 4.79 Å². The van der Waals surface area contributed by atoms with Gasteiger partial charge in [-0.3, -0.25) is 4.79 Å². The van der Waals surface area contributed by atoms with E-state index in [1.54, 1.807) is 31.3 Å². The van der Waals surface area contributed by atoms with E-state index in [0.717, 1.165) is 5.52 Å². The number of imidazole rings is 1. The van der Waals surface area contributed by atoms with E-state index in [4.69, 9.17) is 23.2 Å². The molecule has 3 heterocycles. The molecule has 0 saturated carbocycles. The third-order valence-corrected chi connectivity index (χ3v) is 4.45. The summed E-state index contributed by atoms with van der Waals surface area (Å²) in [7, 11) is 0. The highest BCUT2D eigenvalue weighted by Gasteiger charge is 2.18. The zero-order valence-electron chi connectivity index (χ0n) is 11.9. The Morgan fingerprint density at radius 3 is 3.00 bits per heavy atom. The minimum atomic E-state index is -0.387. The third kappa shape index (κ3) is 3.74. The summed E-state index contributed by atoms with van der Waals surface area (Å²) >= 11 is 13.1. The van der Waals surface area contributed by atoms with Crippen LogP contribution in [0.3, 0.4) is 0 Å². The number of nitrogens with one attached hydrogen (secondary N) is 2. The Bertz CT molecular complexity index is 869. The summed E-state index contributed by atoms with van der Waals surface area (Å²) in [6.45, 7) is 1.78. The molecule has 0 spiro atoms. The number of nitrogens with zero attached hydrogens (tertiary/aromatic N) is 3. The maximum atomic E-state index is 12.2. The van der Waals surface area contributed by atoms with Crippen LogP contribution < -0.4 is 5.32 Å². The van der Waals surface area contributed by atoms with E-state index in [1.165, 1.54) is 18.0 Å². The van der Waals surface area contributed by atoms with Crippen molar-refractivity contribution in [2.75, 3.05) is 5.32 Å². The number of amides is 1. The molecular weight excluding hydrogens is 357 g/mol. The minimum Gasteiger partial charge on any atom is -0.331 e. The smallest absolute Gasteiger partial charge is 0.237 e. The summed E-state index contributed by atoms with van der Waals surface area (Å²) in [5.74, 6) is -0.198. The lowest BCUT2D eigenvalue weighted by Gasteiger charge is -2.10. The lowest BCUT2D eigenvalue weighted by atomic mass is 10.4. The van der Waals surface area contributed by atoms with Gasteiger partial charge in [0.2, 0.25) is 5.91 Å². The molecule has 3 rings (SSSR count). The molecule has 0 unspecified atom stereocenters. The van der Waals surface area contributed by atoms with Crippen LogP contribution in [0, 0.1) is 0 Å². The second-order valence-corrected chi connectivity index (χ2v) is 6.78. The highest BCUT2D eigenvalue weighted by Crippen LogP contribution is 2.25. The van der Waals surface area contributed by atoms with Gasteiger partial charge in [-0.05, 0) is 25.1 Å². The molecule has 0 fully saturated rings. The Hall–Kier alpha value is -1.83. The number of aromatic nitrogens is 4. The second-order valence-electron chi connectivity index (χ2n) is 4.66. The van der Waals surface area contributed by atoms with Crippen molar-refractivity contribution in [2.24, 2.45) is 0 Å². The number of halogens is 2. The maximum Gasteiger partial charge on any atom is 0.237 e. The average molecular weight is 368 g/mol. The first kappa shape index (κ1) is 16.0. The predicted octanol–water partition coefficient (Wildman–Crippen LogP) is 3.78. The SMILES string of the molecule is C[C@@H](Sc1nc2ncc(Cl)cc2[nH]1)C(=O)Nc1cccnc1Cl. The molecule has 0 aromatic carbocycles. The largest absolute Gasteiger partial charge is 0.331 e. The zero-order chi connectivity index (χ0) is 16.4. The third-order valence-electron chi connectivity index (χ3n) is 2.96. The number of aromatic amines is 1. The average Bonchev–Trinajstić information content (AvgIpc) is 2.90. The fourth-order valence-corrected chi connectivity index (χ4v) is 2.98. The number of hydrogen-bond acceptors (Lipinski definition) is 5. The Labute approximate surface area is 146 Å². The molecular formula is C14H11Cl2N5OS. The van der Waals surface area contributed by atoms with Crippen LogP contribution in [0.2, 0.25) is 10.2 Å². The first-order valence-electron chi connectivity index (χ1n) is 6.62. The zero-order valence-corrected chi connectivity index (χ0v) is 14.2. The molecule has 2 N–H and O–H groups in total. The summed E-state index contributed by atoms with van der Waals surface area (Å²) in [6, 6.07) is 5.13. The van der Waals surface area contributed by atoms with E-state index >= 15 is 0 Å². The number of rotatable bonds is 4. The molecule has 0 aliphatic rings. The number of carbonyl (C=O) groups excluding carboxylic acids is 1. The summed E-state index contributed by atoms with van der Waals surface area (Å²) in [4.78, 5) is 27.7. The fourth-order valence-electron chi connectivity index (χ4n) is 1.84. The molecule has 1 atom stereocenters. The molecule has 23 heavy (non-hydrogen) atoms. The van der Waals surface area contributed by atoms with E-state index in [0.29, 0.717) is 21.5 Å². The molecule has 3 aromatic heterocycles. The molecule has 0 bridgehead atoms. The predicted molar refractivity (Wildman–Crippen MR) is 92.1 cm³/mol. The molecule has 0 radical (unpaired) electrons. The normalized spacial score (nSPS) is 12.3. The Morgan fingerprint density at radius 2 is 2.22 bits per heavy atom. The van der Waals surface area contributed by atoms with Crippen LogP contribution in [0.1, 0.15) is 6.92 Å². The van der Waals surface area contributed by atoms with Gasteiger partial charge in [0.1, 0.15) is 0 Å². The number of hydrogen-bond donors (Lipinski definition) is 2. The van der Waals surface area contributed by atoms with E-state index in [2.05, 4.69) is 25.3 Å². The number of pyridine rings is 2. The van der Waals surface area contributed by atoms with Crippen LogP contribution in [-0.4, -0.2) is 31.1 Å². The fraction of sp³-hybridized carbons (Fsp3) is 0.143. The van der Waals surface area contributed by atoms with Crippen LogP contribution >= 0.6 is 35.0 Å². The lowest BCUT2D eigenvalue weighted by molar-refractivity contribution is -0.115. The van der Waals surface area contributed by atoms with Crippen LogP contribution in [0.15, 0.2) is 35.7 Å². The van der Waals surface area contributed by atoms with Gasteiger partial charge < -0.3 is 10.3 Å². The van der Waals surface area contributed by atoms with Gasteiger partial charge in [0, 0.05) is 12.4 Å². The molecule has 6 nitrogen and oxygen atoms in total. The maximum absolute atomic E-state index is 12.2.